The number of aryl methyl sites for hydroxylation is 2. The van der Waals surface area contributed by atoms with Crippen molar-refractivity contribution >= 4 is 34.9 Å². The molecule has 3 nitrogen and oxygen atoms in total. The molecule has 0 unspecified atom stereocenters. The molecule has 0 aliphatic rings. The van der Waals surface area contributed by atoms with E-state index in [2.05, 4.69) is 122 Å². The number of nitrogens with zero attached hydrogens (tertiary/aromatic N) is 1. The van der Waals surface area contributed by atoms with Gasteiger partial charge in [-0.05, 0) is 80.8 Å². The minimum absolute atomic E-state index is 0. The largest absolute Gasteiger partial charge is 1.00 e. The minimum atomic E-state index is -1.98. The molecule has 4 aromatic rings. The van der Waals surface area contributed by atoms with Crippen LogP contribution in [0.5, 0.6) is 0 Å². The molecule has 0 bridgehead atoms. The zero-order valence-electron chi connectivity index (χ0n) is 22.1. The Morgan fingerprint density at radius 2 is 1.08 bits per heavy atom. The van der Waals surface area contributed by atoms with Crippen molar-refractivity contribution in [3.05, 3.63) is 120 Å². The molecule has 0 atom stereocenters. The molecule has 0 saturated carbocycles. The van der Waals surface area contributed by atoms with Gasteiger partial charge in [-0.25, -0.2) is 4.79 Å². The molecule has 5 heteroatoms. The predicted molar refractivity (Wildman–Crippen MR) is 157 cm³/mol. The number of carbonyl (C=O) groups is 1. The summed E-state index contributed by atoms with van der Waals surface area (Å²) in [6, 6.07) is 37.4. The van der Waals surface area contributed by atoms with Gasteiger partial charge in [-0.2, -0.15) is 0 Å². The second-order valence-electron chi connectivity index (χ2n) is 9.18. The van der Waals surface area contributed by atoms with Gasteiger partial charge in [0.15, 0.2) is 0 Å². The standard InChI is InChI=1S/C32H35N2OP.BrH/c1-5-34(6-2)32(35)33-31-25(3)22-27(23-26(31)4)24-36(28-16-10-7-11-17-28,29-18-12-8-13-19-29)30-20-14-9-15-21-30;/h7-23H,5-6,24H2,1-4H3;1H. The van der Waals surface area contributed by atoms with Crippen molar-refractivity contribution in [1.29, 1.82) is 0 Å². The minimum Gasteiger partial charge on any atom is -1.00 e. The Hall–Kier alpha value is -2.94. The van der Waals surface area contributed by atoms with Crippen LogP contribution in [0.2, 0.25) is 0 Å². The normalized spacial score (nSPS) is 10.9. The first-order valence-corrected chi connectivity index (χ1v) is 14.7. The van der Waals surface area contributed by atoms with Crippen molar-refractivity contribution in [1.82, 2.24) is 4.90 Å². The Morgan fingerprint density at radius 1 is 0.703 bits per heavy atom. The molecule has 0 aromatic heterocycles. The van der Waals surface area contributed by atoms with Crippen molar-refractivity contribution in [2.24, 2.45) is 0 Å². The molecule has 1 N–H and O–H groups in total. The summed E-state index contributed by atoms with van der Waals surface area (Å²) >= 11 is 0. The molecule has 0 spiro atoms. The van der Waals surface area contributed by atoms with Crippen LogP contribution >= 0.6 is 7.26 Å². The highest BCUT2D eigenvalue weighted by molar-refractivity contribution is 7.95. The van der Waals surface area contributed by atoms with Crippen LogP contribution in [-0.4, -0.2) is 24.0 Å². The predicted octanol–water partition coefficient (Wildman–Crippen LogP) is 3.68. The Labute approximate surface area is 233 Å². The molecule has 0 heterocycles. The van der Waals surface area contributed by atoms with E-state index < -0.39 is 7.26 Å². The molecular weight excluding hydrogens is 539 g/mol. The van der Waals surface area contributed by atoms with Crippen LogP contribution < -0.4 is 38.2 Å². The first-order valence-electron chi connectivity index (χ1n) is 12.7. The van der Waals surface area contributed by atoms with E-state index in [0.29, 0.717) is 13.1 Å². The van der Waals surface area contributed by atoms with E-state index in [9.17, 15) is 4.79 Å². The summed E-state index contributed by atoms with van der Waals surface area (Å²) in [6.45, 7) is 9.59. The zero-order chi connectivity index (χ0) is 25.5. The molecule has 0 radical (unpaired) electrons. The number of carbonyl (C=O) groups excluding carboxylic acids is 1. The lowest BCUT2D eigenvalue weighted by Crippen LogP contribution is -3.00. The Balaban J connectivity index is 0.00000380. The number of amides is 2. The number of halogens is 1. The van der Waals surface area contributed by atoms with Crippen molar-refractivity contribution in [3.8, 4) is 0 Å². The third kappa shape index (κ3) is 6.14. The summed E-state index contributed by atoms with van der Waals surface area (Å²) in [5.41, 5.74) is 4.39. The summed E-state index contributed by atoms with van der Waals surface area (Å²) in [5.74, 6) is 0. The molecule has 2 amide bonds. The molecule has 0 aliphatic heterocycles. The fraction of sp³-hybridized carbons (Fsp3) is 0.219. The summed E-state index contributed by atoms with van der Waals surface area (Å²) in [6.07, 6.45) is 0.914. The quantitative estimate of drug-likeness (QED) is 0.320. The number of nitrogens with one attached hydrogen (secondary N) is 1. The first-order chi connectivity index (χ1) is 17.5. The van der Waals surface area contributed by atoms with Gasteiger partial charge >= 0.3 is 6.03 Å². The second kappa shape index (κ2) is 13.0. The molecule has 0 saturated heterocycles. The summed E-state index contributed by atoms with van der Waals surface area (Å²) in [5, 5.41) is 7.28. The lowest BCUT2D eigenvalue weighted by atomic mass is 10.1. The van der Waals surface area contributed by atoms with E-state index in [1.54, 1.807) is 0 Å². The highest BCUT2D eigenvalue weighted by Gasteiger charge is 2.45. The maximum absolute atomic E-state index is 12.8. The van der Waals surface area contributed by atoms with Gasteiger partial charge in [0.25, 0.3) is 0 Å². The highest BCUT2D eigenvalue weighted by Crippen LogP contribution is 2.58. The highest BCUT2D eigenvalue weighted by atomic mass is 79.9. The number of benzene rings is 4. The lowest BCUT2D eigenvalue weighted by molar-refractivity contribution is -0.0000108. The van der Waals surface area contributed by atoms with Gasteiger partial charge in [-0.1, -0.05) is 66.7 Å². The van der Waals surface area contributed by atoms with Gasteiger partial charge in [0.05, 0.1) is 6.16 Å². The van der Waals surface area contributed by atoms with Crippen LogP contribution in [0.4, 0.5) is 10.5 Å². The Bertz CT molecular complexity index is 1170. The molecule has 0 aliphatic carbocycles. The average Bonchev–Trinajstić information content (AvgIpc) is 2.91. The van der Waals surface area contributed by atoms with Gasteiger partial charge in [-0.3, -0.25) is 0 Å². The molecule has 37 heavy (non-hydrogen) atoms. The Morgan fingerprint density at radius 3 is 1.43 bits per heavy atom. The van der Waals surface area contributed by atoms with Crippen molar-refractivity contribution in [3.63, 3.8) is 0 Å². The number of hydrogen-bond acceptors (Lipinski definition) is 1. The maximum atomic E-state index is 12.8. The third-order valence-corrected chi connectivity index (χ3v) is 11.3. The number of urea groups is 1. The monoisotopic (exact) mass is 574 g/mol. The van der Waals surface area contributed by atoms with Gasteiger partial charge in [-0.15, -0.1) is 0 Å². The van der Waals surface area contributed by atoms with Crippen molar-refractivity contribution in [2.45, 2.75) is 33.9 Å². The van der Waals surface area contributed by atoms with E-state index in [-0.39, 0.29) is 23.0 Å². The number of hydrogen-bond donors (Lipinski definition) is 1. The lowest BCUT2D eigenvalue weighted by Gasteiger charge is -2.28. The smallest absolute Gasteiger partial charge is 0.321 e. The van der Waals surface area contributed by atoms with E-state index in [4.69, 9.17) is 0 Å². The average molecular weight is 576 g/mol. The maximum Gasteiger partial charge on any atom is 0.321 e. The van der Waals surface area contributed by atoms with E-state index in [1.165, 1.54) is 21.5 Å². The molecular formula is C32H36BrN2OP. The van der Waals surface area contributed by atoms with E-state index >= 15 is 0 Å². The fourth-order valence-electron chi connectivity index (χ4n) is 5.08. The van der Waals surface area contributed by atoms with Crippen LogP contribution in [0.1, 0.15) is 30.5 Å². The van der Waals surface area contributed by atoms with Crippen LogP contribution in [0, 0.1) is 13.8 Å². The Kier molecular flexibility index (Phi) is 10.1. The number of anilines is 1. The zero-order valence-corrected chi connectivity index (χ0v) is 24.6. The van der Waals surface area contributed by atoms with Crippen LogP contribution in [0.3, 0.4) is 0 Å². The van der Waals surface area contributed by atoms with E-state index in [0.717, 1.165) is 23.0 Å². The molecule has 4 aromatic carbocycles. The van der Waals surface area contributed by atoms with Crippen molar-refractivity contribution in [2.75, 3.05) is 18.4 Å². The number of rotatable bonds is 8. The molecule has 4 rings (SSSR count). The fourth-order valence-corrected chi connectivity index (χ4v) is 9.30. The van der Waals surface area contributed by atoms with E-state index in [1.807, 2.05) is 18.7 Å². The summed E-state index contributed by atoms with van der Waals surface area (Å²) in [7, 11) is -1.98. The van der Waals surface area contributed by atoms with Gasteiger partial charge < -0.3 is 27.2 Å². The van der Waals surface area contributed by atoms with Gasteiger partial charge in [0, 0.05) is 18.8 Å². The van der Waals surface area contributed by atoms with Gasteiger partial charge in [0.2, 0.25) is 0 Å². The topological polar surface area (TPSA) is 32.3 Å². The van der Waals surface area contributed by atoms with Gasteiger partial charge in [0.1, 0.15) is 23.2 Å². The van der Waals surface area contributed by atoms with Crippen LogP contribution in [-0.2, 0) is 6.16 Å². The van der Waals surface area contributed by atoms with Crippen molar-refractivity contribution < 1.29 is 21.8 Å². The summed E-state index contributed by atoms with van der Waals surface area (Å²) in [4.78, 5) is 14.6. The first kappa shape index (κ1) is 28.6. The SMILES string of the molecule is CCN(CC)C(=O)Nc1c(C)cc(C[P+](c2ccccc2)(c2ccccc2)c2ccccc2)cc1C.[Br-]. The van der Waals surface area contributed by atoms with Crippen LogP contribution in [0.15, 0.2) is 103 Å². The van der Waals surface area contributed by atoms with Crippen LogP contribution in [0.25, 0.3) is 0 Å². The molecule has 192 valence electrons. The third-order valence-electron chi connectivity index (χ3n) is 6.89. The second-order valence-corrected chi connectivity index (χ2v) is 12.7. The summed E-state index contributed by atoms with van der Waals surface area (Å²) < 4.78 is 0. The molecule has 0 fully saturated rings.